The Bertz CT molecular complexity index is 482. The number of nitrogens with zero attached hydrogens (tertiary/aromatic N) is 1. The Balaban J connectivity index is 3.76. The van der Waals surface area contributed by atoms with Crippen LogP contribution >= 0.6 is 11.6 Å². The molecular weight excluding hydrogens is 250 g/mol. The molecule has 0 aliphatic carbocycles. The summed E-state index contributed by atoms with van der Waals surface area (Å²) < 4.78 is 0. The fraction of sp³-hybridized carbons (Fsp3) is 0.571. The quantitative estimate of drug-likeness (QED) is 0.541. The lowest BCUT2D eigenvalue weighted by atomic mass is 9.79. The minimum absolute atomic E-state index is 0.155. The Morgan fingerprint density at radius 2 is 1.56 bits per heavy atom. The summed E-state index contributed by atoms with van der Waals surface area (Å²) in [5.41, 5.74) is 0.846. The molecule has 0 fully saturated rings. The number of halogens is 1. The van der Waals surface area contributed by atoms with Gasteiger partial charge in [-0.05, 0) is 16.9 Å². The molecule has 0 unspecified atom stereocenters. The second-order valence-corrected chi connectivity index (χ2v) is 6.98. The van der Waals surface area contributed by atoms with Gasteiger partial charge >= 0.3 is 0 Å². The van der Waals surface area contributed by atoms with Crippen LogP contribution in [0.15, 0.2) is 12.1 Å². The number of hydrogen-bond acceptors (Lipinski definition) is 2. The van der Waals surface area contributed by atoms with E-state index in [9.17, 15) is 10.1 Å². The molecular formula is C14H20ClNO2. The maximum atomic E-state index is 11.4. The van der Waals surface area contributed by atoms with Gasteiger partial charge in [-0.2, -0.15) is 0 Å². The van der Waals surface area contributed by atoms with Gasteiger partial charge in [0.1, 0.15) is 0 Å². The van der Waals surface area contributed by atoms with Crippen molar-refractivity contribution in [1.82, 2.24) is 0 Å². The van der Waals surface area contributed by atoms with E-state index in [4.69, 9.17) is 11.6 Å². The predicted molar refractivity (Wildman–Crippen MR) is 75.5 cm³/mol. The maximum absolute atomic E-state index is 11.4. The number of nitro benzene ring substituents is 1. The number of nitro groups is 1. The molecule has 4 heteroatoms. The lowest BCUT2D eigenvalue weighted by Gasteiger charge is -2.26. The Kier molecular flexibility index (Phi) is 3.78. The zero-order valence-corrected chi connectivity index (χ0v) is 12.6. The molecule has 0 aliphatic heterocycles. The molecule has 0 aromatic heterocycles. The summed E-state index contributed by atoms with van der Waals surface area (Å²) in [4.78, 5) is 11.1. The Morgan fingerprint density at radius 1 is 1.06 bits per heavy atom. The summed E-state index contributed by atoms with van der Waals surface area (Å²) in [6, 6.07) is 3.52. The predicted octanol–water partition coefficient (Wildman–Crippen LogP) is 4.84. The first-order chi connectivity index (χ1) is 7.96. The van der Waals surface area contributed by atoms with Crippen molar-refractivity contribution >= 4 is 17.3 Å². The largest absolute Gasteiger partial charge is 0.278 e. The van der Waals surface area contributed by atoms with Crippen molar-refractivity contribution in [2.45, 2.75) is 52.4 Å². The summed E-state index contributed by atoms with van der Waals surface area (Å²) in [7, 11) is 0. The van der Waals surface area contributed by atoms with Gasteiger partial charge in [0.2, 0.25) is 0 Å². The topological polar surface area (TPSA) is 43.1 Å². The van der Waals surface area contributed by atoms with Crippen molar-refractivity contribution in [2.24, 2.45) is 0 Å². The second kappa shape index (κ2) is 4.54. The van der Waals surface area contributed by atoms with Gasteiger partial charge < -0.3 is 0 Å². The molecule has 100 valence electrons. The number of benzene rings is 1. The van der Waals surface area contributed by atoms with Gasteiger partial charge in [0, 0.05) is 5.56 Å². The standard InChI is InChI=1S/C14H20ClNO2/c1-13(2,3)9-7-8-10(15)11(14(4,5)6)12(9)16(17)18/h7-8H,1-6H3. The highest BCUT2D eigenvalue weighted by molar-refractivity contribution is 6.31. The highest BCUT2D eigenvalue weighted by atomic mass is 35.5. The van der Waals surface area contributed by atoms with Gasteiger partial charge in [0.25, 0.3) is 5.69 Å². The third kappa shape index (κ3) is 2.83. The zero-order chi connectivity index (χ0) is 14.3. The molecule has 0 saturated carbocycles. The van der Waals surface area contributed by atoms with E-state index < -0.39 is 0 Å². The Hall–Kier alpha value is -1.09. The lowest BCUT2D eigenvalue weighted by molar-refractivity contribution is -0.387. The van der Waals surface area contributed by atoms with Crippen LogP contribution in [0, 0.1) is 10.1 Å². The van der Waals surface area contributed by atoms with Gasteiger partial charge in [0.05, 0.1) is 15.5 Å². The van der Waals surface area contributed by atoms with Crippen LogP contribution in [0.5, 0.6) is 0 Å². The summed E-state index contributed by atoms with van der Waals surface area (Å²) >= 11 is 6.18. The summed E-state index contributed by atoms with van der Waals surface area (Å²) in [5.74, 6) is 0. The number of hydrogen-bond donors (Lipinski definition) is 0. The minimum atomic E-state index is -0.360. The summed E-state index contributed by atoms with van der Waals surface area (Å²) in [5, 5.41) is 11.9. The fourth-order valence-electron chi connectivity index (χ4n) is 2.07. The van der Waals surface area contributed by atoms with Crippen LogP contribution in [0.4, 0.5) is 5.69 Å². The molecule has 0 atom stereocenters. The highest BCUT2D eigenvalue weighted by Gasteiger charge is 2.34. The lowest BCUT2D eigenvalue weighted by Crippen LogP contribution is -2.20. The van der Waals surface area contributed by atoms with E-state index >= 15 is 0 Å². The van der Waals surface area contributed by atoms with Gasteiger partial charge in [-0.15, -0.1) is 0 Å². The monoisotopic (exact) mass is 269 g/mol. The third-order valence-corrected chi connectivity index (χ3v) is 3.18. The third-order valence-electron chi connectivity index (χ3n) is 2.87. The van der Waals surface area contributed by atoms with E-state index in [1.807, 2.05) is 41.5 Å². The highest BCUT2D eigenvalue weighted by Crippen LogP contribution is 2.42. The first kappa shape index (κ1) is 15.0. The van der Waals surface area contributed by atoms with Crippen LogP contribution in [0.3, 0.4) is 0 Å². The molecule has 0 spiro atoms. The van der Waals surface area contributed by atoms with Crippen LogP contribution in [0.2, 0.25) is 5.02 Å². The molecule has 0 saturated heterocycles. The SMILES string of the molecule is CC(C)(C)c1ccc(Cl)c(C(C)(C)C)c1[N+](=O)[O-]. The molecule has 1 rings (SSSR count). The average Bonchev–Trinajstić information content (AvgIpc) is 2.12. The van der Waals surface area contributed by atoms with E-state index in [0.717, 1.165) is 5.56 Å². The molecule has 0 bridgehead atoms. The normalized spacial score (nSPS) is 12.6. The Morgan fingerprint density at radius 3 is 1.89 bits per heavy atom. The van der Waals surface area contributed by atoms with Crippen molar-refractivity contribution < 1.29 is 4.92 Å². The smallest absolute Gasteiger partial charge is 0.258 e. The minimum Gasteiger partial charge on any atom is -0.258 e. The Labute approximate surface area is 113 Å². The van der Waals surface area contributed by atoms with Crippen LogP contribution in [-0.2, 0) is 10.8 Å². The van der Waals surface area contributed by atoms with Crippen LogP contribution < -0.4 is 0 Å². The van der Waals surface area contributed by atoms with E-state index in [-0.39, 0.29) is 21.4 Å². The number of rotatable bonds is 1. The van der Waals surface area contributed by atoms with Crippen molar-refractivity contribution in [3.05, 3.63) is 38.4 Å². The van der Waals surface area contributed by atoms with E-state index in [1.54, 1.807) is 12.1 Å². The summed E-state index contributed by atoms with van der Waals surface area (Å²) in [6.07, 6.45) is 0. The molecule has 3 nitrogen and oxygen atoms in total. The van der Waals surface area contributed by atoms with Crippen molar-refractivity contribution in [3.63, 3.8) is 0 Å². The van der Waals surface area contributed by atoms with Gasteiger partial charge in [0.15, 0.2) is 0 Å². The molecule has 1 aromatic carbocycles. The zero-order valence-electron chi connectivity index (χ0n) is 11.8. The average molecular weight is 270 g/mol. The first-order valence-corrected chi connectivity index (χ1v) is 6.32. The fourth-order valence-corrected chi connectivity index (χ4v) is 2.51. The van der Waals surface area contributed by atoms with Gasteiger partial charge in [-0.3, -0.25) is 10.1 Å². The van der Waals surface area contributed by atoms with Crippen molar-refractivity contribution in [3.8, 4) is 0 Å². The van der Waals surface area contributed by atoms with Crippen LogP contribution in [0.1, 0.15) is 52.7 Å². The van der Waals surface area contributed by atoms with Crippen molar-refractivity contribution in [2.75, 3.05) is 0 Å². The van der Waals surface area contributed by atoms with E-state index in [1.165, 1.54) is 0 Å². The molecule has 0 heterocycles. The van der Waals surface area contributed by atoms with Crippen LogP contribution in [0.25, 0.3) is 0 Å². The van der Waals surface area contributed by atoms with Gasteiger partial charge in [-0.1, -0.05) is 59.2 Å². The first-order valence-electron chi connectivity index (χ1n) is 5.94. The molecule has 0 radical (unpaired) electrons. The van der Waals surface area contributed by atoms with E-state index in [2.05, 4.69) is 0 Å². The molecule has 0 N–H and O–H groups in total. The second-order valence-electron chi connectivity index (χ2n) is 6.58. The molecule has 0 amide bonds. The molecule has 0 aliphatic rings. The van der Waals surface area contributed by atoms with Gasteiger partial charge in [-0.25, -0.2) is 0 Å². The molecule has 1 aromatic rings. The van der Waals surface area contributed by atoms with E-state index in [0.29, 0.717) is 10.6 Å². The van der Waals surface area contributed by atoms with Crippen molar-refractivity contribution in [1.29, 1.82) is 0 Å². The molecule has 18 heavy (non-hydrogen) atoms. The maximum Gasteiger partial charge on any atom is 0.278 e. The van der Waals surface area contributed by atoms with Crippen LogP contribution in [-0.4, -0.2) is 4.92 Å². The summed E-state index contributed by atoms with van der Waals surface area (Å²) in [6.45, 7) is 11.7.